The van der Waals surface area contributed by atoms with Gasteiger partial charge in [-0.25, -0.2) is 4.98 Å². The van der Waals surface area contributed by atoms with Crippen molar-refractivity contribution in [2.75, 3.05) is 18.0 Å². The van der Waals surface area contributed by atoms with Gasteiger partial charge in [-0.2, -0.15) is 0 Å². The molecule has 1 amide bonds. The Morgan fingerprint density at radius 3 is 2.73 bits per heavy atom. The summed E-state index contributed by atoms with van der Waals surface area (Å²) in [6.07, 6.45) is 1.92. The van der Waals surface area contributed by atoms with E-state index in [0.29, 0.717) is 12.1 Å². The molecule has 1 aliphatic heterocycles. The van der Waals surface area contributed by atoms with Gasteiger partial charge in [0.1, 0.15) is 5.82 Å². The SMILES string of the molecule is CCCNC(=O)c1cc(N2CCc3ccccc3C2)nc2ccccc12. The number of rotatable bonds is 4. The van der Waals surface area contributed by atoms with E-state index in [4.69, 9.17) is 4.98 Å². The summed E-state index contributed by atoms with van der Waals surface area (Å²) in [5.41, 5.74) is 4.32. The highest BCUT2D eigenvalue weighted by Crippen LogP contribution is 2.27. The predicted octanol–water partition coefficient (Wildman–Crippen LogP) is 3.94. The van der Waals surface area contributed by atoms with Gasteiger partial charge in [0.25, 0.3) is 5.91 Å². The highest BCUT2D eigenvalue weighted by atomic mass is 16.1. The molecular weight excluding hydrogens is 322 g/mol. The van der Waals surface area contributed by atoms with Crippen molar-refractivity contribution in [1.29, 1.82) is 0 Å². The lowest BCUT2D eigenvalue weighted by molar-refractivity contribution is 0.0955. The molecule has 2 heterocycles. The summed E-state index contributed by atoms with van der Waals surface area (Å²) in [5.74, 6) is 0.851. The Balaban J connectivity index is 1.73. The Hall–Kier alpha value is -2.88. The Kier molecular flexibility index (Phi) is 4.57. The summed E-state index contributed by atoms with van der Waals surface area (Å²) >= 11 is 0. The molecule has 4 rings (SSSR count). The Bertz CT molecular complexity index is 951. The van der Waals surface area contributed by atoms with Crippen LogP contribution in [0.15, 0.2) is 54.6 Å². The predicted molar refractivity (Wildman–Crippen MR) is 106 cm³/mol. The molecule has 0 bridgehead atoms. The van der Waals surface area contributed by atoms with Gasteiger partial charge in [-0.15, -0.1) is 0 Å². The van der Waals surface area contributed by atoms with E-state index in [9.17, 15) is 4.79 Å². The van der Waals surface area contributed by atoms with Crippen LogP contribution >= 0.6 is 0 Å². The first kappa shape index (κ1) is 16.6. The second-order valence-corrected chi connectivity index (χ2v) is 6.74. The second-order valence-electron chi connectivity index (χ2n) is 6.74. The smallest absolute Gasteiger partial charge is 0.252 e. The Labute approximate surface area is 153 Å². The maximum absolute atomic E-state index is 12.7. The lowest BCUT2D eigenvalue weighted by atomic mass is 9.99. The number of hydrogen-bond acceptors (Lipinski definition) is 3. The molecule has 4 nitrogen and oxygen atoms in total. The minimum atomic E-state index is -0.0240. The molecule has 26 heavy (non-hydrogen) atoms. The van der Waals surface area contributed by atoms with Gasteiger partial charge in [0.2, 0.25) is 0 Å². The van der Waals surface area contributed by atoms with Crippen molar-refractivity contribution in [2.24, 2.45) is 0 Å². The van der Waals surface area contributed by atoms with E-state index in [2.05, 4.69) is 41.4 Å². The van der Waals surface area contributed by atoms with Crippen LogP contribution in [0.5, 0.6) is 0 Å². The molecule has 2 aromatic carbocycles. The summed E-state index contributed by atoms with van der Waals surface area (Å²) in [4.78, 5) is 19.8. The molecule has 0 spiro atoms. The van der Waals surface area contributed by atoms with Crippen LogP contribution in [0, 0.1) is 0 Å². The first-order valence-electron chi connectivity index (χ1n) is 9.26. The zero-order valence-electron chi connectivity index (χ0n) is 15.0. The number of nitrogens with one attached hydrogen (secondary N) is 1. The van der Waals surface area contributed by atoms with Crippen molar-refractivity contribution < 1.29 is 4.79 Å². The topological polar surface area (TPSA) is 45.2 Å². The molecule has 0 atom stereocenters. The normalized spacial score (nSPS) is 13.5. The van der Waals surface area contributed by atoms with Crippen molar-refractivity contribution in [3.8, 4) is 0 Å². The van der Waals surface area contributed by atoms with Crippen LogP contribution in [-0.2, 0) is 13.0 Å². The van der Waals surface area contributed by atoms with Crippen LogP contribution in [0.4, 0.5) is 5.82 Å². The van der Waals surface area contributed by atoms with Crippen molar-refractivity contribution in [1.82, 2.24) is 10.3 Å². The highest BCUT2D eigenvalue weighted by Gasteiger charge is 2.20. The number of carbonyl (C=O) groups is 1. The molecule has 0 fully saturated rings. The van der Waals surface area contributed by atoms with Gasteiger partial charge < -0.3 is 10.2 Å². The number of carbonyl (C=O) groups excluding carboxylic acids is 1. The summed E-state index contributed by atoms with van der Waals surface area (Å²) in [7, 11) is 0. The molecule has 1 N–H and O–H groups in total. The van der Waals surface area contributed by atoms with Gasteiger partial charge in [-0.1, -0.05) is 49.4 Å². The quantitative estimate of drug-likeness (QED) is 0.779. The van der Waals surface area contributed by atoms with Crippen LogP contribution < -0.4 is 10.2 Å². The number of aromatic nitrogens is 1. The first-order valence-corrected chi connectivity index (χ1v) is 9.26. The van der Waals surface area contributed by atoms with Crippen LogP contribution in [0.3, 0.4) is 0 Å². The van der Waals surface area contributed by atoms with E-state index in [-0.39, 0.29) is 5.91 Å². The third-order valence-corrected chi connectivity index (χ3v) is 4.94. The summed E-state index contributed by atoms with van der Waals surface area (Å²) < 4.78 is 0. The Morgan fingerprint density at radius 1 is 1.12 bits per heavy atom. The van der Waals surface area contributed by atoms with Crippen molar-refractivity contribution in [3.05, 3.63) is 71.3 Å². The van der Waals surface area contributed by atoms with Crippen molar-refractivity contribution in [3.63, 3.8) is 0 Å². The third kappa shape index (κ3) is 3.15. The first-order chi connectivity index (χ1) is 12.8. The fraction of sp³-hybridized carbons (Fsp3) is 0.273. The number of amides is 1. The molecule has 0 saturated heterocycles. The van der Waals surface area contributed by atoms with E-state index in [1.807, 2.05) is 30.3 Å². The molecule has 0 saturated carbocycles. The maximum Gasteiger partial charge on any atom is 0.252 e. The molecule has 4 heteroatoms. The molecule has 132 valence electrons. The number of nitrogens with zero attached hydrogens (tertiary/aromatic N) is 2. The fourth-order valence-corrected chi connectivity index (χ4v) is 3.54. The number of para-hydroxylation sites is 1. The van der Waals surface area contributed by atoms with Gasteiger partial charge in [-0.05, 0) is 36.1 Å². The van der Waals surface area contributed by atoms with Crippen LogP contribution in [0.1, 0.15) is 34.8 Å². The minimum Gasteiger partial charge on any atom is -0.352 e. The number of pyridine rings is 1. The van der Waals surface area contributed by atoms with Crippen molar-refractivity contribution >= 4 is 22.6 Å². The summed E-state index contributed by atoms with van der Waals surface area (Å²) in [6.45, 7) is 4.49. The number of benzene rings is 2. The van der Waals surface area contributed by atoms with Crippen LogP contribution in [0.25, 0.3) is 10.9 Å². The summed E-state index contributed by atoms with van der Waals surface area (Å²) in [5, 5.41) is 3.91. The second kappa shape index (κ2) is 7.16. The largest absolute Gasteiger partial charge is 0.352 e. The standard InChI is InChI=1S/C22H23N3O/c1-2-12-23-22(26)19-14-21(24-20-10-6-5-9-18(19)20)25-13-11-16-7-3-4-8-17(16)15-25/h3-10,14H,2,11-13,15H2,1H3,(H,23,26). The monoisotopic (exact) mass is 345 g/mol. The van der Waals surface area contributed by atoms with E-state index < -0.39 is 0 Å². The highest BCUT2D eigenvalue weighted by molar-refractivity contribution is 6.07. The van der Waals surface area contributed by atoms with Gasteiger partial charge in [-0.3, -0.25) is 4.79 Å². The average Bonchev–Trinajstić information content (AvgIpc) is 2.70. The van der Waals surface area contributed by atoms with E-state index in [0.717, 1.165) is 42.7 Å². The fourth-order valence-electron chi connectivity index (χ4n) is 3.54. The van der Waals surface area contributed by atoms with E-state index in [1.165, 1.54) is 11.1 Å². The molecule has 0 radical (unpaired) electrons. The van der Waals surface area contributed by atoms with Gasteiger partial charge in [0.05, 0.1) is 11.1 Å². The molecule has 1 aromatic heterocycles. The number of fused-ring (bicyclic) bond motifs is 2. The van der Waals surface area contributed by atoms with E-state index in [1.54, 1.807) is 0 Å². The van der Waals surface area contributed by atoms with Gasteiger partial charge in [0.15, 0.2) is 0 Å². The third-order valence-electron chi connectivity index (χ3n) is 4.94. The van der Waals surface area contributed by atoms with Crippen LogP contribution in [-0.4, -0.2) is 24.0 Å². The zero-order valence-corrected chi connectivity index (χ0v) is 15.0. The summed E-state index contributed by atoms with van der Waals surface area (Å²) in [6, 6.07) is 18.4. The number of hydrogen-bond donors (Lipinski definition) is 1. The van der Waals surface area contributed by atoms with Gasteiger partial charge in [0, 0.05) is 25.0 Å². The average molecular weight is 345 g/mol. The number of anilines is 1. The Morgan fingerprint density at radius 2 is 1.88 bits per heavy atom. The molecule has 0 aliphatic carbocycles. The molecular formula is C22H23N3O. The lowest BCUT2D eigenvalue weighted by Crippen LogP contribution is -2.31. The molecule has 0 unspecified atom stereocenters. The van der Waals surface area contributed by atoms with E-state index >= 15 is 0 Å². The molecule has 1 aliphatic rings. The minimum absolute atomic E-state index is 0.0240. The zero-order chi connectivity index (χ0) is 17.9. The van der Waals surface area contributed by atoms with Crippen LogP contribution in [0.2, 0.25) is 0 Å². The maximum atomic E-state index is 12.7. The lowest BCUT2D eigenvalue weighted by Gasteiger charge is -2.30. The molecule has 3 aromatic rings. The van der Waals surface area contributed by atoms with Gasteiger partial charge >= 0.3 is 0 Å². The van der Waals surface area contributed by atoms with Crippen molar-refractivity contribution in [2.45, 2.75) is 26.3 Å².